The molecule has 0 saturated carbocycles. The first kappa shape index (κ1) is 13.1. The third-order valence-electron chi connectivity index (χ3n) is 3.67. The minimum Gasteiger partial charge on any atom is -0.466 e. The van der Waals surface area contributed by atoms with Gasteiger partial charge in [0, 0.05) is 0 Å². The van der Waals surface area contributed by atoms with Gasteiger partial charge in [-0.3, -0.25) is 4.79 Å². The van der Waals surface area contributed by atoms with Crippen molar-refractivity contribution in [3.05, 3.63) is 34.9 Å². The summed E-state index contributed by atoms with van der Waals surface area (Å²) in [6.45, 7) is 4.44. The highest BCUT2D eigenvalue weighted by atomic mass is 16.5. The molecule has 0 radical (unpaired) electrons. The molecule has 0 spiro atoms. The maximum Gasteiger partial charge on any atom is 0.313 e. The Hall–Kier alpha value is -1.31. The van der Waals surface area contributed by atoms with Crippen LogP contribution in [0.5, 0.6) is 0 Å². The minimum atomic E-state index is -0.0825. The van der Waals surface area contributed by atoms with Crippen molar-refractivity contribution < 1.29 is 9.53 Å². The lowest BCUT2D eigenvalue weighted by molar-refractivity contribution is -0.145. The van der Waals surface area contributed by atoms with Crippen LogP contribution in [0.3, 0.4) is 0 Å². The molecule has 1 atom stereocenters. The number of hydrogen-bond donors (Lipinski definition) is 0. The van der Waals surface area contributed by atoms with Crippen LogP contribution in [0.15, 0.2) is 18.2 Å². The Labute approximate surface area is 109 Å². The van der Waals surface area contributed by atoms with Crippen molar-refractivity contribution in [3.8, 4) is 0 Å². The van der Waals surface area contributed by atoms with E-state index in [1.807, 2.05) is 6.92 Å². The highest BCUT2D eigenvalue weighted by molar-refractivity contribution is 5.78. The van der Waals surface area contributed by atoms with E-state index in [1.165, 1.54) is 24.0 Å². The van der Waals surface area contributed by atoms with Crippen molar-refractivity contribution in [1.29, 1.82) is 0 Å². The molecule has 1 aliphatic carbocycles. The van der Waals surface area contributed by atoms with Gasteiger partial charge in [-0.1, -0.05) is 31.5 Å². The van der Waals surface area contributed by atoms with Crippen molar-refractivity contribution in [1.82, 2.24) is 0 Å². The third-order valence-corrected chi connectivity index (χ3v) is 3.67. The molecule has 0 amide bonds. The highest BCUT2D eigenvalue weighted by Gasteiger charge is 2.22. The van der Waals surface area contributed by atoms with E-state index >= 15 is 0 Å². The van der Waals surface area contributed by atoms with Crippen LogP contribution in [0.25, 0.3) is 0 Å². The van der Waals surface area contributed by atoms with E-state index in [9.17, 15) is 4.79 Å². The summed E-state index contributed by atoms with van der Waals surface area (Å²) in [5, 5.41) is 0. The molecule has 1 aromatic rings. The number of aryl methyl sites for hydroxylation is 2. The molecule has 0 saturated heterocycles. The van der Waals surface area contributed by atoms with Crippen LogP contribution in [0, 0.1) is 0 Å². The van der Waals surface area contributed by atoms with Gasteiger partial charge < -0.3 is 4.74 Å². The van der Waals surface area contributed by atoms with Crippen molar-refractivity contribution in [2.45, 2.75) is 51.9 Å². The van der Waals surface area contributed by atoms with E-state index in [4.69, 9.17) is 4.74 Å². The summed E-state index contributed by atoms with van der Waals surface area (Å²) in [6, 6.07) is 6.53. The Morgan fingerprint density at radius 2 is 2.06 bits per heavy atom. The molecule has 2 heteroatoms. The predicted octanol–water partition coefficient (Wildman–Crippen LogP) is 3.62. The predicted molar refractivity (Wildman–Crippen MR) is 72.7 cm³/mol. The Balaban J connectivity index is 2.22. The zero-order chi connectivity index (χ0) is 13.0. The van der Waals surface area contributed by atoms with E-state index in [0.29, 0.717) is 6.61 Å². The molecule has 0 aromatic heterocycles. The second kappa shape index (κ2) is 6.03. The summed E-state index contributed by atoms with van der Waals surface area (Å²) in [7, 11) is 0. The van der Waals surface area contributed by atoms with Gasteiger partial charge in [0.15, 0.2) is 0 Å². The molecule has 1 unspecified atom stereocenters. The zero-order valence-corrected chi connectivity index (χ0v) is 11.4. The van der Waals surface area contributed by atoms with E-state index in [2.05, 4.69) is 25.1 Å². The van der Waals surface area contributed by atoms with Crippen LogP contribution in [0.1, 0.15) is 55.7 Å². The zero-order valence-electron chi connectivity index (χ0n) is 11.4. The second-order valence-corrected chi connectivity index (χ2v) is 4.98. The van der Waals surface area contributed by atoms with Gasteiger partial charge in [0.1, 0.15) is 0 Å². The molecule has 0 fully saturated rings. The lowest BCUT2D eigenvalue weighted by Gasteiger charge is -2.16. The van der Waals surface area contributed by atoms with Gasteiger partial charge in [-0.25, -0.2) is 0 Å². The van der Waals surface area contributed by atoms with Gasteiger partial charge >= 0.3 is 5.97 Å². The van der Waals surface area contributed by atoms with Gasteiger partial charge in [0.2, 0.25) is 0 Å². The summed E-state index contributed by atoms with van der Waals surface area (Å²) in [5.41, 5.74) is 4.02. The fourth-order valence-corrected chi connectivity index (χ4v) is 2.76. The molecule has 2 rings (SSSR count). The molecule has 2 nitrogen and oxygen atoms in total. The molecule has 0 heterocycles. The highest BCUT2D eigenvalue weighted by Crippen LogP contribution is 2.29. The minimum absolute atomic E-state index is 0.0719. The topological polar surface area (TPSA) is 26.3 Å². The fraction of sp³-hybridized carbons (Fsp3) is 0.562. The van der Waals surface area contributed by atoms with Gasteiger partial charge in [-0.15, -0.1) is 0 Å². The average molecular weight is 246 g/mol. The third kappa shape index (κ3) is 2.74. The largest absolute Gasteiger partial charge is 0.466 e. The number of esters is 1. The van der Waals surface area contributed by atoms with E-state index in [-0.39, 0.29) is 11.9 Å². The van der Waals surface area contributed by atoms with E-state index < -0.39 is 0 Å². The molecule has 0 N–H and O–H groups in total. The van der Waals surface area contributed by atoms with Gasteiger partial charge in [-0.2, -0.15) is 0 Å². The Morgan fingerprint density at radius 1 is 1.28 bits per heavy atom. The maximum atomic E-state index is 12.0. The van der Waals surface area contributed by atoms with Crippen molar-refractivity contribution in [3.63, 3.8) is 0 Å². The van der Waals surface area contributed by atoms with Crippen LogP contribution in [-0.2, 0) is 22.4 Å². The summed E-state index contributed by atoms with van der Waals surface area (Å²) in [6.07, 6.45) is 5.47. The summed E-state index contributed by atoms with van der Waals surface area (Å²) in [4.78, 5) is 12.0. The average Bonchev–Trinajstić information content (AvgIpc) is 2.83. The molecule has 0 bridgehead atoms. The van der Waals surface area contributed by atoms with Gasteiger partial charge in [0.05, 0.1) is 12.5 Å². The number of carbonyl (C=O) groups excluding carboxylic acids is 1. The standard InChI is InChI=1S/C16H22O2/c1-3-6-15(16(17)18-4-2)14-10-9-12-7-5-8-13(12)11-14/h9-11,15H,3-8H2,1-2H3. The first-order chi connectivity index (χ1) is 8.76. The summed E-state index contributed by atoms with van der Waals surface area (Å²) in [5.74, 6) is -0.154. The number of rotatable bonds is 5. The summed E-state index contributed by atoms with van der Waals surface area (Å²) < 4.78 is 5.19. The molecular weight excluding hydrogens is 224 g/mol. The monoisotopic (exact) mass is 246 g/mol. The Kier molecular flexibility index (Phi) is 4.40. The summed E-state index contributed by atoms with van der Waals surface area (Å²) >= 11 is 0. The first-order valence-electron chi connectivity index (χ1n) is 7.04. The van der Waals surface area contributed by atoms with E-state index in [0.717, 1.165) is 24.8 Å². The van der Waals surface area contributed by atoms with Gasteiger partial charge in [0.25, 0.3) is 0 Å². The molecule has 1 aliphatic rings. The quantitative estimate of drug-likeness (QED) is 0.742. The molecule has 0 aliphatic heterocycles. The van der Waals surface area contributed by atoms with Crippen molar-refractivity contribution >= 4 is 5.97 Å². The second-order valence-electron chi connectivity index (χ2n) is 4.98. The lowest BCUT2D eigenvalue weighted by Crippen LogP contribution is -2.16. The number of carbonyl (C=O) groups is 1. The smallest absolute Gasteiger partial charge is 0.313 e. The van der Waals surface area contributed by atoms with Crippen LogP contribution >= 0.6 is 0 Å². The van der Waals surface area contributed by atoms with Crippen molar-refractivity contribution in [2.24, 2.45) is 0 Å². The first-order valence-corrected chi connectivity index (χ1v) is 7.04. The normalized spacial score (nSPS) is 15.2. The van der Waals surface area contributed by atoms with Crippen LogP contribution < -0.4 is 0 Å². The molecule has 18 heavy (non-hydrogen) atoms. The number of benzene rings is 1. The van der Waals surface area contributed by atoms with E-state index in [1.54, 1.807) is 0 Å². The Bertz CT molecular complexity index is 423. The SMILES string of the molecule is CCCC(C(=O)OCC)c1ccc2c(c1)CCC2. The van der Waals surface area contributed by atoms with Crippen molar-refractivity contribution in [2.75, 3.05) is 6.61 Å². The molecule has 98 valence electrons. The number of hydrogen-bond acceptors (Lipinski definition) is 2. The van der Waals surface area contributed by atoms with Crippen LogP contribution in [0.4, 0.5) is 0 Å². The lowest BCUT2D eigenvalue weighted by atomic mass is 9.92. The van der Waals surface area contributed by atoms with Gasteiger partial charge in [-0.05, 0) is 49.3 Å². The molecular formula is C16H22O2. The number of fused-ring (bicyclic) bond motifs is 1. The maximum absolute atomic E-state index is 12.0. The van der Waals surface area contributed by atoms with Crippen LogP contribution in [0.2, 0.25) is 0 Å². The fourth-order valence-electron chi connectivity index (χ4n) is 2.76. The Morgan fingerprint density at radius 3 is 2.78 bits per heavy atom. The number of ether oxygens (including phenoxy) is 1. The van der Waals surface area contributed by atoms with Crippen LogP contribution in [-0.4, -0.2) is 12.6 Å². The molecule has 1 aromatic carbocycles.